The van der Waals surface area contributed by atoms with E-state index in [4.69, 9.17) is 4.42 Å². The molecular weight excluding hydrogens is 323 g/mol. The summed E-state index contributed by atoms with van der Waals surface area (Å²) in [5.41, 5.74) is 2.23. The van der Waals surface area contributed by atoms with Crippen LogP contribution >= 0.6 is 0 Å². The van der Waals surface area contributed by atoms with Gasteiger partial charge >= 0.3 is 0 Å². The van der Waals surface area contributed by atoms with E-state index in [-0.39, 0.29) is 30.3 Å². The van der Waals surface area contributed by atoms with Gasteiger partial charge in [-0.1, -0.05) is 6.07 Å². The minimum atomic E-state index is -0.382. The van der Waals surface area contributed by atoms with Crippen molar-refractivity contribution in [3.8, 4) is 0 Å². The lowest BCUT2D eigenvalue weighted by molar-refractivity contribution is -0.116. The van der Waals surface area contributed by atoms with E-state index < -0.39 is 0 Å². The summed E-state index contributed by atoms with van der Waals surface area (Å²) in [5.74, 6) is -0.163. The van der Waals surface area contributed by atoms with Gasteiger partial charge in [-0.05, 0) is 42.8 Å². The van der Waals surface area contributed by atoms with E-state index in [1.165, 1.54) is 24.3 Å². The SMILES string of the molecule is Cc1nc2cccc(NC(=O)CCCC(=O)c3ccc(F)cc3)c2o1. The van der Waals surface area contributed by atoms with Gasteiger partial charge in [-0.3, -0.25) is 9.59 Å². The number of hydrogen-bond donors (Lipinski definition) is 1. The highest BCUT2D eigenvalue weighted by molar-refractivity contribution is 5.99. The van der Waals surface area contributed by atoms with Gasteiger partial charge < -0.3 is 9.73 Å². The lowest BCUT2D eigenvalue weighted by atomic mass is 10.1. The Morgan fingerprint density at radius 2 is 1.88 bits per heavy atom. The molecule has 0 saturated heterocycles. The number of rotatable bonds is 6. The largest absolute Gasteiger partial charge is 0.439 e. The number of halogens is 1. The van der Waals surface area contributed by atoms with Crippen LogP contribution in [0.5, 0.6) is 0 Å². The second kappa shape index (κ2) is 7.25. The molecule has 0 aliphatic rings. The fraction of sp³-hybridized carbons (Fsp3) is 0.211. The second-order valence-electron chi connectivity index (χ2n) is 5.72. The van der Waals surface area contributed by atoms with E-state index in [0.717, 1.165) is 0 Å². The Morgan fingerprint density at radius 3 is 2.64 bits per heavy atom. The molecule has 3 aromatic rings. The van der Waals surface area contributed by atoms with E-state index in [1.807, 2.05) is 6.07 Å². The molecule has 6 heteroatoms. The summed E-state index contributed by atoms with van der Waals surface area (Å²) in [7, 11) is 0. The summed E-state index contributed by atoms with van der Waals surface area (Å²) in [4.78, 5) is 28.3. The Kier molecular flexibility index (Phi) is 4.88. The number of oxazole rings is 1. The average Bonchev–Trinajstić information content (AvgIpc) is 2.97. The summed E-state index contributed by atoms with van der Waals surface area (Å²) in [5, 5.41) is 2.79. The maximum Gasteiger partial charge on any atom is 0.224 e. The smallest absolute Gasteiger partial charge is 0.224 e. The van der Waals surface area contributed by atoms with Crippen molar-refractivity contribution in [2.75, 3.05) is 5.32 Å². The van der Waals surface area contributed by atoms with Gasteiger partial charge in [0.25, 0.3) is 0 Å². The Labute approximate surface area is 143 Å². The molecule has 128 valence electrons. The Bertz CT molecular complexity index is 916. The number of carbonyl (C=O) groups is 2. The lowest BCUT2D eigenvalue weighted by Crippen LogP contribution is -2.12. The first-order valence-corrected chi connectivity index (χ1v) is 7.98. The van der Waals surface area contributed by atoms with Crippen LogP contribution in [0, 0.1) is 12.7 Å². The van der Waals surface area contributed by atoms with Crippen LogP contribution in [0.15, 0.2) is 46.9 Å². The van der Waals surface area contributed by atoms with Crippen molar-refractivity contribution in [2.45, 2.75) is 26.2 Å². The number of Topliss-reactive ketones (excluding diaryl/α,β-unsaturated/α-hetero) is 1. The molecule has 1 N–H and O–H groups in total. The number of para-hydroxylation sites is 1. The standard InChI is InChI=1S/C19H17FN2O3/c1-12-21-15-4-2-5-16(19(15)25-12)22-18(24)7-3-6-17(23)13-8-10-14(20)11-9-13/h2,4-5,8-11H,3,6-7H2,1H3,(H,22,24). The van der Waals surface area contributed by atoms with Crippen molar-refractivity contribution in [1.82, 2.24) is 4.98 Å². The van der Waals surface area contributed by atoms with Crippen molar-refractivity contribution < 1.29 is 18.4 Å². The van der Waals surface area contributed by atoms with Gasteiger partial charge in [-0.25, -0.2) is 9.37 Å². The van der Waals surface area contributed by atoms with Crippen LogP contribution in [0.4, 0.5) is 10.1 Å². The summed E-state index contributed by atoms with van der Waals surface area (Å²) < 4.78 is 18.4. The molecule has 0 aliphatic carbocycles. The number of hydrogen-bond acceptors (Lipinski definition) is 4. The fourth-order valence-corrected chi connectivity index (χ4v) is 2.56. The highest BCUT2D eigenvalue weighted by Crippen LogP contribution is 2.24. The van der Waals surface area contributed by atoms with Crippen LogP contribution in [0.25, 0.3) is 11.1 Å². The molecule has 0 fully saturated rings. The van der Waals surface area contributed by atoms with Gasteiger partial charge in [0.15, 0.2) is 17.3 Å². The third kappa shape index (κ3) is 4.09. The van der Waals surface area contributed by atoms with Gasteiger partial charge in [0.05, 0.1) is 5.69 Å². The van der Waals surface area contributed by atoms with Crippen LogP contribution in [0.2, 0.25) is 0 Å². The summed E-state index contributed by atoms with van der Waals surface area (Å²) >= 11 is 0. The van der Waals surface area contributed by atoms with Crippen LogP contribution in [-0.4, -0.2) is 16.7 Å². The van der Waals surface area contributed by atoms with Gasteiger partial charge in [0, 0.05) is 25.3 Å². The molecule has 0 saturated carbocycles. The molecule has 0 aliphatic heterocycles. The zero-order valence-electron chi connectivity index (χ0n) is 13.7. The Morgan fingerprint density at radius 1 is 1.12 bits per heavy atom. The maximum atomic E-state index is 12.9. The number of nitrogens with one attached hydrogen (secondary N) is 1. The summed E-state index contributed by atoms with van der Waals surface area (Å²) in [6.07, 6.45) is 0.842. The van der Waals surface area contributed by atoms with E-state index in [2.05, 4.69) is 10.3 Å². The number of aromatic nitrogens is 1. The zero-order valence-corrected chi connectivity index (χ0v) is 13.7. The normalized spacial score (nSPS) is 10.8. The lowest BCUT2D eigenvalue weighted by Gasteiger charge is -2.05. The first-order valence-electron chi connectivity index (χ1n) is 7.98. The molecule has 3 rings (SSSR count). The molecule has 5 nitrogen and oxygen atoms in total. The molecular formula is C19H17FN2O3. The first-order chi connectivity index (χ1) is 12.0. The molecule has 1 heterocycles. The summed E-state index contributed by atoms with van der Waals surface area (Å²) in [6, 6.07) is 10.7. The van der Waals surface area contributed by atoms with Gasteiger partial charge in [-0.15, -0.1) is 0 Å². The monoisotopic (exact) mass is 340 g/mol. The number of aryl methyl sites for hydroxylation is 1. The number of benzene rings is 2. The number of anilines is 1. The first kappa shape index (κ1) is 16.8. The third-order valence-corrected chi connectivity index (χ3v) is 3.77. The Hall–Kier alpha value is -3.02. The highest BCUT2D eigenvalue weighted by Gasteiger charge is 2.12. The van der Waals surface area contributed by atoms with E-state index in [0.29, 0.717) is 34.7 Å². The number of ketones is 1. The third-order valence-electron chi connectivity index (χ3n) is 3.77. The number of amides is 1. The molecule has 25 heavy (non-hydrogen) atoms. The molecule has 1 aromatic heterocycles. The van der Waals surface area contributed by atoms with Crippen molar-refractivity contribution >= 4 is 28.5 Å². The number of carbonyl (C=O) groups excluding carboxylic acids is 2. The molecule has 0 bridgehead atoms. The van der Waals surface area contributed by atoms with Crippen LogP contribution in [-0.2, 0) is 4.79 Å². The van der Waals surface area contributed by atoms with Crippen molar-refractivity contribution in [2.24, 2.45) is 0 Å². The maximum absolute atomic E-state index is 12.9. The Balaban J connectivity index is 1.54. The van der Waals surface area contributed by atoms with Gasteiger partial charge in [0.1, 0.15) is 11.3 Å². The summed E-state index contributed by atoms with van der Waals surface area (Å²) in [6.45, 7) is 1.74. The number of nitrogens with zero attached hydrogens (tertiary/aromatic N) is 1. The zero-order chi connectivity index (χ0) is 17.8. The van der Waals surface area contributed by atoms with Gasteiger partial charge in [-0.2, -0.15) is 0 Å². The topological polar surface area (TPSA) is 72.2 Å². The van der Waals surface area contributed by atoms with Crippen molar-refractivity contribution in [3.63, 3.8) is 0 Å². The van der Waals surface area contributed by atoms with Gasteiger partial charge in [0.2, 0.25) is 5.91 Å². The van der Waals surface area contributed by atoms with Crippen molar-refractivity contribution in [3.05, 3.63) is 59.7 Å². The highest BCUT2D eigenvalue weighted by atomic mass is 19.1. The molecule has 2 aromatic carbocycles. The average molecular weight is 340 g/mol. The second-order valence-corrected chi connectivity index (χ2v) is 5.72. The fourth-order valence-electron chi connectivity index (χ4n) is 2.56. The minimum Gasteiger partial charge on any atom is -0.439 e. The van der Waals surface area contributed by atoms with Crippen LogP contribution in [0.3, 0.4) is 0 Å². The van der Waals surface area contributed by atoms with E-state index in [1.54, 1.807) is 19.1 Å². The molecule has 1 amide bonds. The van der Waals surface area contributed by atoms with Crippen LogP contribution < -0.4 is 5.32 Å². The predicted molar refractivity (Wildman–Crippen MR) is 92.0 cm³/mol. The number of fused-ring (bicyclic) bond motifs is 1. The molecule has 0 radical (unpaired) electrons. The van der Waals surface area contributed by atoms with Crippen molar-refractivity contribution in [1.29, 1.82) is 0 Å². The van der Waals surface area contributed by atoms with E-state index >= 15 is 0 Å². The molecule has 0 unspecified atom stereocenters. The predicted octanol–water partition coefficient (Wildman–Crippen LogP) is 4.27. The molecule has 0 atom stereocenters. The quantitative estimate of drug-likeness (QED) is 0.680. The minimum absolute atomic E-state index is 0.110. The molecule has 0 spiro atoms. The van der Waals surface area contributed by atoms with Crippen LogP contribution in [0.1, 0.15) is 35.5 Å². The van der Waals surface area contributed by atoms with E-state index in [9.17, 15) is 14.0 Å².